The Labute approximate surface area is 121 Å². The summed E-state index contributed by atoms with van der Waals surface area (Å²) in [6.07, 6.45) is -0.196. The van der Waals surface area contributed by atoms with Crippen molar-refractivity contribution >= 4 is 17.4 Å². The Morgan fingerprint density at radius 3 is 2.60 bits per heavy atom. The molecule has 1 aliphatic heterocycles. The predicted molar refractivity (Wildman–Crippen MR) is 73.0 cm³/mol. The van der Waals surface area contributed by atoms with E-state index in [4.69, 9.17) is 11.6 Å². The highest BCUT2D eigenvalue weighted by molar-refractivity contribution is 6.32. The third-order valence-corrected chi connectivity index (χ3v) is 3.60. The molecule has 1 saturated heterocycles. The quantitative estimate of drug-likeness (QED) is 0.842. The van der Waals surface area contributed by atoms with Gasteiger partial charge in [0.25, 0.3) is 0 Å². The molecule has 0 bridgehead atoms. The summed E-state index contributed by atoms with van der Waals surface area (Å²) in [5.74, 6) is 0.307. The summed E-state index contributed by atoms with van der Waals surface area (Å²) in [4.78, 5) is 6.12. The molecule has 1 aromatic heterocycles. The Hall–Kier alpha value is -1.01. The standard InChI is InChI=1S/C13H17ClF3N3/c14-11-8-10(13(15,16)17)9-19-12(11)18-4-3-7-20-5-1-2-6-20/h8-9H,1-7H2,(H,18,19). The first kappa shape index (κ1) is 15.4. The number of nitrogens with zero attached hydrogens (tertiary/aromatic N) is 2. The molecule has 1 fully saturated rings. The molecule has 0 saturated carbocycles. The van der Waals surface area contributed by atoms with Crippen LogP contribution in [0.3, 0.4) is 0 Å². The van der Waals surface area contributed by atoms with Crippen LogP contribution in [0.25, 0.3) is 0 Å². The van der Waals surface area contributed by atoms with Crippen LogP contribution in [-0.4, -0.2) is 36.1 Å². The lowest BCUT2D eigenvalue weighted by Crippen LogP contribution is -2.22. The molecule has 0 atom stereocenters. The van der Waals surface area contributed by atoms with Crippen molar-refractivity contribution in [2.45, 2.75) is 25.4 Å². The fourth-order valence-corrected chi connectivity index (χ4v) is 2.47. The maximum atomic E-state index is 12.5. The van der Waals surface area contributed by atoms with Crippen molar-refractivity contribution in [2.75, 3.05) is 31.5 Å². The summed E-state index contributed by atoms with van der Waals surface area (Å²) < 4.78 is 37.4. The Morgan fingerprint density at radius 1 is 1.30 bits per heavy atom. The summed E-state index contributed by atoms with van der Waals surface area (Å²) in [7, 11) is 0. The van der Waals surface area contributed by atoms with E-state index >= 15 is 0 Å². The summed E-state index contributed by atoms with van der Waals surface area (Å²) in [6.45, 7) is 3.92. The zero-order valence-electron chi connectivity index (χ0n) is 11.0. The average molecular weight is 308 g/mol. The van der Waals surface area contributed by atoms with Crippen LogP contribution in [0.1, 0.15) is 24.8 Å². The minimum Gasteiger partial charge on any atom is -0.369 e. The zero-order chi connectivity index (χ0) is 14.6. The third kappa shape index (κ3) is 4.24. The SMILES string of the molecule is FC(F)(F)c1cnc(NCCCN2CCCC2)c(Cl)c1. The second-order valence-electron chi connectivity index (χ2n) is 4.88. The lowest BCUT2D eigenvalue weighted by atomic mass is 10.2. The molecule has 0 spiro atoms. The van der Waals surface area contributed by atoms with Crippen LogP contribution in [0.15, 0.2) is 12.3 Å². The number of halogens is 4. The highest BCUT2D eigenvalue weighted by Crippen LogP contribution is 2.32. The molecule has 1 aromatic rings. The molecule has 0 unspecified atom stereocenters. The second kappa shape index (κ2) is 6.63. The van der Waals surface area contributed by atoms with Crippen molar-refractivity contribution in [3.05, 3.63) is 22.8 Å². The highest BCUT2D eigenvalue weighted by atomic mass is 35.5. The summed E-state index contributed by atoms with van der Waals surface area (Å²) in [5, 5.41) is 2.98. The summed E-state index contributed by atoms with van der Waals surface area (Å²) in [6, 6.07) is 0.900. The number of hydrogen-bond acceptors (Lipinski definition) is 3. The molecule has 0 radical (unpaired) electrons. The summed E-state index contributed by atoms with van der Waals surface area (Å²) in [5.41, 5.74) is -0.829. The molecule has 0 amide bonds. The van der Waals surface area contributed by atoms with Crippen LogP contribution in [0.2, 0.25) is 5.02 Å². The van der Waals surface area contributed by atoms with Gasteiger partial charge in [-0.15, -0.1) is 0 Å². The molecule has 20 heavy (non-hydrogen) atoms. The molecule has 3 nitrogen and oxygen atoms in total. The molecular formula is C13H17ClF3N3. The second-order valence-corrected chi connectivity index (χ2v) is 5.29. The molecule has 2 rings (SSSR count). The lowest BCUT2D eigenvalue weighted by Gasteiger charge is -2.15. The largest absolute Gasteiger partial charge is 0.417 e. The van der Waals surface area contributed by atoms with E-state index in [-0.39, 0.29) is 5.02 Å². The van der Waals surface area contributed by atoms with Crippen LogP contribution in [0.5, 0.6) is 0 Å². The Bertz CT molecular complexity index is 445. The normalized spacial score (nSPS) is 16.6. The van der Waals surface area contributed by atoms with E-state index in [1.165, 1.54) is 12.8 Å². The van der Waals surface area contributed by atoms with Crippen LogP contribution < -0.4 is 5.32 Å². The first-order valence-electron chi connectivity index (χ1n) is 6.66. The monoisotopic (exact) mass is 307 g/mol. The van der Waals surface area contributed by atoms with Crippen molar-refractivity contribution in [1.82, 2.24) is 9.88 Å². The van der Waals surface area contributed by atoms with E-state index in [0.717, 1.165) is 38.3 Å². The topological polar surface area (TPSA) is 28.2 Å². The van der Waals surface area contributed by atoms with Crippen molar-refractivity contribution in [3.8, 4) is 0 Å². The molecule has 1 aliphatic rings. The highest BCUT2D eigenvalue weighted by Gasteiger charge is 2.31. The Balaban J connectivity index is 1.80. The van der Waals surface area contributed by atoms with E-state index in [9.17, 15) is 13.2 Å². The van der Waals surface area contributed by atoms with E-state index in [0.29, 0.717) is 12.4 Å². The van der Waals surface area contributed by atoms with Gasteiger partial charge in [0.1, 0.15) is 5.82 Å². The van der Waals surface area contributed by atoms with Crippen LogP contribution in [0.4, 0.5) is 19.0 Å². The first-order chi connectivity index (χ1) is 9.47. The maximum Gasteiger partial charge on any atom is 0.417 e. The average Bonchev–Trinajstić information content (AvgIpc) is 2.88. The predicted octanol–water partition coefficient (Wildman–Crippen LogP) is 3.65. The van der Waals surface area contributed by atoms with E-state index in [2.05, 4.69) is 15.2 Å². The van der Waals surface area contributed by atoms with Gasteiger partial charge in [0.05, 0.1) is 10.6 Å². The number of nitrogens with one attached hydrogen (secondary N) is 1. The molecule has 0 aliphatic carbocycles. The van der Waals surface area contributed by atoms with E-state index in [1.807, 2.05) is 0 Å². The van der Waals surface area contributed by atoms with Crippen molar-refractivity contribution in [2.24, 2.45) is 0 Å². The Kier molecular flexibility index (Phi) is 5.10. The minimum absolute atomic E-state index is 0.000924. The first-order valence-corrected chi connectivity index (χ1v) is 7.03. The summed E-state index contributed by atoms with van der Waals surface area (Å²) >= 11 is 5.81. The van der Waals surface area contributed by atoms with Crippen LogP contribution in [-0.2, 0) is 6.18 Å². The minimum atomic E-state index is -4.41. The fraction of sp³-hybridized carbons (Fsp3) is 0.615. The number of aromatic nitrogens is 1. The number of likely N-dealkylation sites (tertiary alicyclic amines) is 1. The lowest BCUT2D eigenvalue weighted by molar-refractivity contribution is -0.137. The van der Waals surface area contributed by atoms with Crippen molar-refractivity contribution < 1.29 is 13.2 Å². The van der Waals surface area contributed by atoms with Gasteiger partial charge >= 0.3 is 6.18 Å². The fourth-order valence-electron chi connectivity index (χ4n) is 2.24. The molecule has 112 valence electrons. The molecule has 2 heterocycles. The molecule has 0 aromatic carbocycles. The Morgan fingerprint density at radius 2 is 2.00 bits per heavy atom. The van der Waals surface area contributed by atoms with Crippen LogP contribution >= 0.6 is 11.6 Å². The van der Waals surface area contributed by atoms with Gasteiger partial charge in [-0.1, -0.05) is 11.6 Å². The van der Waals surface area contributed by atoms with Gasteiger partial charge in [0, 0.05) is 12.7 Å². The molecule has 7 heteroatoms. The number of rotatable bonds is 5. The number of alkyl halides is 3. The van der Waals surface area contributed by atoms with Gasteiger partial charge in [-0.25, -0.2) is 4.98 Å². The smallest absolute Gasteiger partial charge is 0.369 e. The van der Waals surface area contributed by atoms with Gasteiger partial charge in [-0.3, -0.25) is 0 Å². The molecular weight excluding hydrogens is 291 g/mol. The number of pyridine rings is 1. The van der Waals surface area contributed by atoms with Crippen molar-refractivity contribution in [1.29, 1.82) is 0 Å². The number of hydrogen-bond donors (Lipinski definition) is 1. The van der Waals surface area contributed by atoms with E-state index < -0.39 is 11.7 Å². The molecule has 1 N–H and O–H groups in total. The number of anilines is 1. The van der Waals surface area contributed by atoms with E-state index in [1.54, 1.807) is 0 Å². The third-order valence-electron chi connectivity index (χ3n) is 3.31. The van der Waals surface area contributed by atoms with Gasteiger partial charge < -0.3 is 10.2 Å². The van der Waals surface area contributed by atoms with Gasteiger partial charge in [0.2, 0.25) is 0 Å². The van der Waals surface area contributed by atoms with Gasteiger partial charge in [-0.05, 0) is 45.0 Å². The van der Waals surface area contributed by atoms with Gasteiger partial charge in [0.15, 0.2) is 0 Å². The maximum absolute atomic E-state index is 12.5. The van der Waals surface area contributed by atoms with Crippen LogP contribution in [0, 0.1) is 0 Å². The zero-order valence-corrected chi connectivity index (χ0v) is 11.8. The van der Waals surface area contributed by atoms with Gasteiger partial charge in [-0.2, -0.15) is 13.2 Å². The van der Waals surface area contributed by atoms with Crippen molar-refractivity contribution in [3.63, 3.8) is 0 Å².